The third kappa shape index (κ3) is 3.92. The van der Waals surface area contributed by atoms with E-state index in [9.17, 15) is 4.79 Å². The second-order valence-electron chi connectivity index (χ2n) is 8.00. The molecule has 142 valence electrons. The van der Waals surface area contributed by atoms with Crippen LogP contribution in [-0.4, -0.2) is 59.5 Å². The smallest absolute Gasteiger partial charge is 0.231 e. The summed E-state index contributed by atoms with van der Waals surface area (Å²) in [7, 11) is 0. The van der Waals surface area contributed by atoms with Crippen LogP contribution in [0, 0.1) is 11.8 Å². The minimum atomic E-state index is -0.244. The molecule has 1 aliphatic carbocycles. The third-order valence-corrected chi connectivity index (χ3v) is 5.90. The fraction of sp³-hybridized carbons (Fsp3) is 0.737. The van der Waals surface area contributed by atoms with E-state index in [1.807, 2.05) is 0 Å². The zero-order chi connectivity index (χ0) is 18.1. The Hall–Kier alpha value is -1.89. The molecule has 0 radical (unpaired) electrons. The number of likely N-dealkylation sites (tertiary alicyclic amines) is 1. The maximum absolute atomic E-state index is 11.3. The third-order valence-electron chi connectivity index (χ3n) is 5.90. The number of hydrogen-bond donors (Lipinski definition) is 2. The number of nitrogens with one attached hydrogen (secondary N) is 1. The minimum absolute atomic E-state index is 0.244. The maximum atomic E-state index is 11.3. The van der Waals surface area contributed by atoms with Crippen molar-refractivity contribution in [2.24, 2.45) is 17.6 Å². The van der Waals surface area contributed by atoms with Gasteiger partial charge in [-0.05, 0) is 43.9 Å². The summed E-state index contributed by atoms with van der Waals surface area (Å²) in [5.74, 6) is 2.89. The second kappa shape index (κ2) is 7.39. The van der Waals surface area contributed by atoms with Crippen molar-refractivity contribution < 1.29 is 4.79 Å². The first-order chi connectivity index (χ1) is 12.6. The summed E-state index contributed by atoms with van der Waals surface area (Å²) in [6.07, 6.45) is 5.95. The first-order valence-corrected chi connectivity index (χ1v) is 10.0. The van der Waals surface area contributed by atoms with E-state index in [4.69, 9.17) is 15.7 Å². The van der Waals surface area contributed by atoms with Crippen LogP contribution < -0.4 is 16.0 Å². The molecular weight excluding hydrogens is 328 g/mol. The fourth-order valence-electron chi connectivity index (χ4n) is 4.40. The molecule has 0 unspecified atom stereocenters. The van der Waals surface area contributed by atoms with Crippen LogP contribution in [0.15, 0.2) is 6.07 Å². The molecule has 3 fully saturated rings. The van der Waals surface area contributed by atoms with E-state index in [0.717, 1.165) is 56.0 Å². The number of primary amides is 1. The number of anilines is 2. The van der Waals surface area contributed by atoms with Gasteiger partial charge in [-0.1, -0.05) is 6.92 Å². The lowest BCUT2D eigenvalue weighted by Crippen LogP contribution is -2.34. The van der Waals surface area contributed by atoms with Crippen molar-refractivity contribution in [3.63, 3.8) is 0 Å². The van der Waals surface area contributed by atoms with E-state index in [0.29, 0.717) is 18.5 Å². The Bertz CT molecular complexity index is 655. The van der Waals surface area contributed by atoms with Gasteiger partial charge < -0.3 is 16.0 Å². The summed E-state index contributed by atoms with van der Waals surface area (Å²) >= 11 is 0. The lowest BCUT2D eigenvalue weighted by atomic mass is 9.98. The first-order valence-electron chi connectivity index (χ1n) is 10.0. The lowest BCUT2D eigenvalue weighted by molar-refractivity contribution is -0.118. The van der Waals surface area contributed by atoms with Crippen molar-refractivity contribution in [2.75, 3.05) is 42.9 Å². The number of aryl methyl sites for hydroxylation is 1. The van der Waals surface area contributed by atoms with Crippen LogP contribution in [0.1, 0.15) is 38.3 Å². The van der Waals surface area contributed by atoms with Gasteiger partial charge in [0.2, 0.25) is 11.9 Å². The molecule has 3 N–H and O–H groups in total. The topological polar surface area (TPSA) is 87.4 Å². The van der Waals surface area contributed by atoms with E-state index >= 15 is 0 Å². The molecule has 2 atom stereocenters. The molecule has 2 saturated heterocycles. The predicted octanol–water partition coefficient (Wildman–Crippen LogP) is 1.25. The van der Waals surface area contributed by atoms with Gasteiger partial charge in [-0.25, -0.2) is 4.98 Å². The highest BCUT2D eigenvalue weighted by Gasteiger charge is 2.42. The van der Waals surface area contributed by atoms with Crippen LogP contribution in [0.3, 0.4) is 0 Å². The van der Waals surface area contributed by atoms with Crippen LogP contribution in [0.4, 0.5) is 11.8 Å². The van der Waals surface area contributed by atoms with Gasteiger partial charge in [-0.2, -0.15) is 4.98 Å². The number of hydrogen-bond acceptors (Lipinski definition) is 6. The minimum Gasteiger partial charge on any atom is -0.369 e. The standard InChI is InChI=1S/C19H30N6O/c1-2-14-9-18(23-19(21-14)25-7-3-4-8-25)22-16-11-24(12-17(20)26)10-15(16)13-5-6-13/h9,13,15-16H,2-8,10-12H2,1H3,(H2,20,26)(H,21,22,23)/t15-,16+/m1/s1. The van der Waals surface area contributed by atoms with E-state index in [1.165, 1.54) is 25.7 Å². The molecule has 26 heavy (non-hydrogen) atoms. The van der Waals surface area contributed by atoms with Gasteiger partial charge >= 0.3 is 0 Å². The SMILES string of the molecule is CCc1cc(N[C@H]2CN(CC(N)=O)C[C@@H]2C2CC2)nc(N2CCCC2)n1. The summed E-state index contributed by atoms with van der Waals surface area (Å²) in [5, 5.41) is 3.68. The van der Waals surface area contributed by atoms with Crippen molar-refractivity contribution in [1.82, 2.24) is 14.9 Å². The summed E-state index contributed by atoms with van der Waals surface area (Å²) in [6.45, 7) is 6.40. The summed E-state index contributed by atoms with van der Waals surface area (Å²) in [4.78, 5) is 25.3. The molecule has 3 aliphatic rings. The van der Waals surface area contributed by atoms with E-state index in [1.54, 1.807) is 0 Å². The quantitative estimate of drug-likeness (QED) is 0.763. The van der Waals surface area contributed by atoms with E-state index < -0.39 is 0 Å². The molecule has 1 aromatic heterocycles. The summed E-state index contributed by atoms with van der Waals surface area (Å²) in [6, 6.07) is 2.41. The van der Waals surface area contributed by atoms with Crippen LogP contribution in [0.2, 0.25) is 0 Å². The Morgan fingerprint density at radius 1 is 1.27 bits per heavy atom. The Morgan fingerprint density at radius 2 is 2.04 bits per heavy atom. The van der Waals surface area contributed by atoms with Gasteiger partial charge in [0, 0.05) is 44.0 Å². The second-order valence-corrected chi connectivity index (χ2v) is 8.00. The van der Waals surface area contributed by atoms with Gasteiger partial charge in [-0.15, -0.1) is 0 Å². The Labute approximate surface area is 155 Å². The normalized spacial score (nSPS) is 26.4. The van der Waals surface area contributed by atoms with Crippen LogP contribution in [-0.2, 0) is 11.2 Å². The number of amides is 1. The van der Waals surface area contributed by atoms with Crippen LogP contribution >= 0.6 is 0 Å². The number of carbonyl (C=O) groups excluding carboxylic acids is 1. The highest BCUT2D eigenvalue weighted by Crippen LogP contribution is 2.42. The lowest BCUT2D eigenvalue weighted by Gasteiger charge is -2.22. The predicted molar refractivity (Wildman–Crippen MR) is 102 cm³/mol. The summed E-state index contributed by atoms with van der Waals surface area (Å²) in [5.41, 5.74) is 6.49. The molecule has 2 aliphatic heterocycles. The number of nitrogens with zero attached hydrogens (tertiary/aromatic N) is 4. The molecule has 7 nitrogen and oxygen atoms in total. The molecule has 0 spiro atoms. The molecule has 1 saturated carbocycles. The Balaban J connectivity index is 1.51. The highest BCUT2D eigenvalue weighted by molar-refractivity contribution is 5.76. The zero-order valence-electron chi connectivity index (χ0n) is 15.7. The van der Waals surface area contributed by atoms with Crippen molar-refractivity contribution in [2.45, 2.75) is 45.1 Å². The number of aromatic nitrogens is 2. The molecule has 1 aromatic rings. The molecule has 3 heterocycles. The van der Waals surface area contributed by atoms with Crippen LogP contribution in [0.5, 0.6) is 0 Å². The number of nitrogens with two attached hydrogens (primary N) is 1. The molecule has 0 bridgehead atoms. The van der Waals surface area contributed by atoms with Crippen LogP contribution in [0.25, 0.3) is 0 Å². The first kappa shape index (κ1) is 17.5. The van der Waals surface area contributed by atoms with Gasteiger partial charge in [-0.3, -0.25) is 9.69 Å². The average molecular weight is 358 g/mol. The monoisotopic (exact) mass is 358 g/mol. The van der Waals surface area contributed by atoms with Gasteiger partial charge in [0.1, 0.15) is 5.82 Å². The fourth-order valence-corrected chi connectivity index (χ4v) is 4.40. The molecule has 7 heteroatoms. The molecule has 0 aromatic carbocycles. The van der Waals surface area contributed by atoms with Gasteiger partial charge in [0.15, 0.2) is 0 Å². The molecule has 4 rings (SSSR count). The number of carbonyl (C=O) groups is 1. The van der Waals surface area contributed by atoms with Gasteiger partial charge in [0.05, 0.1) is 6.54 Å². The summed E-state index contributed by atoms with van der Waals surface area (Å²) < 4.78 is 0. The Kier molecular flexibility index (Phi) is 4.98. The van der Waals surface area contributed by atoms with Gasteiger partial charge in [0.25, 0.3) is 0 Å². The molecular formula is C19H30N6O. The maximum Gasteiger partial charge on any atom is 0.231 e. The largest absolute Gasteiger partial charge is 0.369 e. The number of rotatable bonds is 7. The van der Waals surface area contributed by atoms with E-state index in [-0.39, 0.29) is 5.91 Å². The van der Waals surface area contributed by atoms with Crippen molar-refractivity contribution >= 4 is 17.7 Å². The van der Waals surface area contributed by atoms with Crippen molar-refractivity contribution in [1.29, 1.82) is 0 Å². The zero-order valence-corrected chi connectivity index (χ0v) is 15.7. The van der Waals surface area contributed by atoms with Crippen molar-refractivity contribution in [3.8, 4) is 0 Å². The Morgan fingerprint density at radius 3 is 2.69 bits per heavy atom. The highest BCUT2D eigenvalue weighted by atomic mass is 16.1. The average Bonchev–Trinajstić information content (AvgIpc) is 3.15. The van der Waals surface area contributed by atoms with Crippen molar-refractivity contribution in [3.05, 3.63) is 11.8 Å². The van der Waals surface area contributed by atoms with E-state index in [2.05, 4.69) is 28.1 Å². The molecule has 1 amide bonds.